The number of hydrogen-bond donors (Lipinski definition) is 3. The Kier molecular flexibility index (Phi) is 4.39. The van der Waals surface area contributed by atoms with Gasteiger partial charge in [0.1, 0.15) is 6.04 Å². The van der Waals surface area contributed by atoms with Gasteiger partial charge in [0.15, 0.2) is 0 Å². The first-order chi connectivity index (χ1) is 12.7. The van der Waals surface area contributed by atoms with Crippen LogP contribution < -0.4 is 10.6 Å². The molecule has 1 saturated carbocycles. The van der Waals surface area contributed by atoms with Gasteiger partial charge in [-0.15, -0.1) is 0 Å². The molecule has 1 fully saturated rings. The normalized spacial score (nSPS) is 14.8. The summed E-state index contributed by atoms with van der Waals surface area (Å²) in [5.41, 5.74) is 2.30. The number of rotatable bonds is 6. The lowest BCUT2D eigenvalue weighted by Crippen LogP contribution is -2.48. The molecule has 4 rings (SSSR count). The van der Waals surface area contributed by atoms with E-state index in [0.29, 0.717) is 12.0 Å². The fourth-order valence-electron chi connectivity index (χ4n) is 2.99. The molecule has 6 heteroatoms. The number of aromatic nitrogens is 2. The number of H-pyrrole nitrogens is 1. The molecular formula is C20H20N4O2. The molecule has 0 spiro atoms. The second kappa shape index (κ2) is 7.00. The second-order valence-corrected chi connectivity index (χ2v) is 6.64. The van der Waals surface area contributed by atoms with Crippen molar-refractivity contribution in [3.8, 4) is 0 Å². The van der Waals surface area contributed by atoms with E-state index in [1.807, 2.05) is 36.4 Å². The number of nitrogens with one attached hydrogen (secondary N) is 3. The third-order valence-electron chi connectivity index (χ3n) is 4.56. The maximum Gasteiger partial charge on any atom is 0.252 e. The summed E-state index contributed by atoms with van der Waals surface area (Å²) in [6, 6.07) is 14.7. The average molecular weight is 348 g/mol. The number of carbonyl (C=O) groups is 2. The van der Waals surface area contributed by atoms with Gasteiger partial charge in [0.25, 0.3) is 5.91 Å². The highest BCUT2D eigenvalue weighted by molar-refractivity contribution is 6.07. The van der Waals surface area contributed by atoms with E-state index < -0.39 is 6.04 Å². The van der Waals surface area contributed by atoms with Crippen LogP contribution in [0.15, 0.2) is 54.7 Å². The highest BCUT2D eigenvalue weighted by Gasteiger charge is 2.29. The maximum atomic E-state index is 12.8. The summed E-state index contributed by atoms with van der Waals surface area (Å²) in [5, 5.41) is 13.5. The van der Waals surface area contributed by atoms with Crippen molar-refractivity contribution in [2.45, 2.75) is 31.3 Å². The van der Waals surface area contributed by atoms with Crippen molar-refractivity contribution < 1.29 is 9.59 Å². The first-order valence-electron chi connectivity index (χ1n) is 8.78. The summed E-state index contributed by atoms with van der Waals surface area (Å²) >= 11 is 0. The van der Waals surface area contributed by atoms with Crippen molar-refractivity contribution in [1.82, 2.24) is 20.8 Å². The summed E-state index contributed by atoms with van der Waals surface area (Å²) in [6.07, 6.45) is 4.09. The molecule has 26 heavy (non-hydrogen) atoms. The van der Waals surface area contributed by atoms with E-state index in [1.54, 1.807) is 18.3 Å². The molecule has 1 aliphatic rings. The zero-order valence-electron chi connectivity index (χ0n) is 14.2. The molecule has 1 atom stereocenters. The Labute approximate surface area is 151 Å². The summed E-state index contributed by atoms with van der Waals surface area (Å²) in [6.45, 7) is 0. The van der Waals surface area contributed by atoms with Crippen LogP contribution in [0, 0.1) is 0 Å². The molecular weight excluding hydrogens is 328 g/mol. The topological polar surface area (TPSA) is 86.9 Å². The van der Waals surface area contributed by atoms with Gasteiger partial charge in [-0.25, -0.2) is 0 Å². The Balaban J connectivity index is 1.55. The standard InChI is InChI=1S/C20H20N4O2/c25-19(15-7-4-8-17-16(15)12-21-24-17)23-18(20(26)22-14-9-10-14)11-13-5-2-1-3-6-13/h1-8,12,14,18H,9-11H2,(H,21,24)(H,22,26)(H,23,25). The van der Waals surface area contributed by atoms with Crippen molar-refractivity contribution in [1.29, 1.82) is 0 Å². The summed E-state index contributed by atoms with van der Waals surface area (Å²) in [4.78, 5) is 25.5. The zero-order chi connectivity index (χ0) is 17.9. The molecule has 2 aromatic carbocycles. The largest absolute Gasteiger partial charge is 0.352 e. The smallest absolute Gasteiger partial charge is 0.252 e. The van der Waals surface area contributed by atoms with Crippen LogP contribution >= 0.6 is 0 Å². The molecule has 6 nitrogen and oxygen atoms in total. The van der Waals surface area contributed by atoms with E-state index in [0.717, 1.165) is 29.3 Å². The Morgan fingerprint density at radius 1 is 1.12 bits per heavy atom. The Bertz CT molecular complexity index is 931. The van der Waals surface area contributed by atoms with E-state index >= 15 is 0 Å². The van der Waals surface area contributed by atoms with Crippen LogP contribution in [0.4, 0.5) is 0 Å². The lowest BCUT2D eigenvalue weighted by molar-refractivity contribution is -0.123. The molecule has 0 saturated heterocycles. The Morgan fingerprint density at radius 3 is 2.69 bits per heavy atom. The second-order valence-electron chi connectivity index (χ2n) is 6.64. The third kappa shape index (κ3) is 3.59. The van der Waals surface area contributed by atoms with Crippen molar-refractivity contribution in [2.75, 3.05) is 0 Å². The van der Waals surface area contributed by atoms with Crippen LogP contribution in [-0.4, -0.2) is 34.1 Å². The molecule has 3 N–H and O–H groups in total. The van der Waals surface area contributed by atoms with E-state index in [9.17, 15) is 9.59 Å². The summed E-state index contributed by atoms with van der Waals surface area (Å²) in [7, 11) is 0. The Hall–Kier alpha value is -3.15. The molecule has 0 bridgehead atoms. The zero-order valence-corrected chi connectivity index (χ0v) is 14.2. The predicted octanol–water partition coefficient (Wildman–Crippen LogP) is 2.18. The van der Waals surface area contributed by atoms with Gasteiger partial charge in [0.2, 0.25) is 5.91 Å². The molecule has 1 heterocycles. The molecule has 1 aromatic heterocycles. The van der Waals surface area contributed by atoms with Gasteiger partial charge in [-0.1, -0.05) is 36.4 Å². The van der Waals surface area contributed by atoms with Gasteiger partial charge in [-0.05, 0) is 30.5 Å². The maximum absolute atomic E-state index is 12.8. The van der Waals surface area contributed by atoms with Gasteiger partial charge in [0.05, 0.1) is 17.3 Å². The lowest BCUT2D eigenvalue weighted by Gasteiger charge is -2.19. The van der Waals surface area contributed by atoms with E-state index in [1.165, 1.54) is 0 Å². The first kappa shape index (κ1) is 16.3. The van der Waals surface area contributed by atoms with Crippen LogP contribution in [0.2, 0.25) is 0 Å². The summed E-state index contributed by atoms with van der Waals surface area (Å²) < 4.78 is 0. The monoisotopic (exact) mass is 348 g/mol. The fourth-order valence-corrected chi connectivity index (χ4v) is 2.99. The molecule has 1 aliphatic carbocycles. The molecule has 2 amide bonds. The minimum atomic E-state index is -0.618. The minimum absolute atomic E-state index is 0.135. The van der Waals surface area contributed by atoms with Crippen LogP contribution in [0.5, 0.6) is 0 Å². The first-order valence-corrected chi connectivity index (χ1v) is 8.78. The van der Waals surface area contributed by atoms with Gasteiger partial charge in [0, 0.05) is 17.8 Å². The van der Waals surface area contributed by atoms with Crippen molar-refractivity contribution >= 4 is 22.7 Å². The van der Waals surface area contributed by atoms with Gasteiger partial charge < -0.3 is 10.6 Å². The lowest BCUT2D eigenvalue weighted by atomic mass is 10.0. The van der Waals surface area contributed by atoms with E-state index in [2.05, 4.69) is 20.8 Å². The number of amides is 2. The number of fused-ring (bicyclic) bond motifs is 1. The number of aromatic amines is 1. The number of hydrogen-bond acceptors (Lipinski definition) is 3. The van der Waals surface area contributed by atoms with Gasteiger partial charge in [-0.3, -0.25) is 14.7 Å². The molecule has 1 unspecified atom stereocenters. The highest BCUT2D eigenvalue weighted by atomic mass is 16.2. The van der Waals surface area contributed by atoms with Gasteiger partial charge in [-0.2, -0.15) is 5.10 Å². The number of nitrogens with zero attached hydrogens (tertiary/aromatic N) is 1. The van der Waals surface area contributed by atoms with Crippen LogP contribution in [-0.2, 0) is 11.2 Å². The summed E-state index contributed by atoms with van der Waals surface area (Å²) in [5.74, 6) is -0.409. The average Bonchev–Trinajstić information content (AvgIpc) is 3.33. The molecule has 132 valence electrons. The fraction of sp³-hybridized carbons (Fsp3) is 0.250. The van der Waals surface area contributed by atoms with Crippen LogP contribution in [0.1, 0.15) is 28.8 Å². The SMILES string of the molecule is O=C(NC(Cc1ccccc1)C(=O)NC1CC1)c1cccc2[nH]ncc12. The van der Waals surface area contributed by atoms with E-state index in [4.69, 9.17) is 0 Å². The Morgan fingerprint density at radius 2 is 1.92 bits per heavy atom. The quantitative estimate of drug-likeness (QED) is 0.638. The van der Waals surface area contributed by atoms with E-state index in [-0.39, 0.29) is 17.9 Å². The third-order valence-corrected chi connectivity index (χ3v) is 4.56. The minimum Gasteiger partial charge on any atom is -0.352 e. The van der Waals surface area contributed by atoms with Crippen LogP contribution in [0.25, 0.3) is 10.9 Å². The van der Waals surface area contributed by atoms with Crippen molar-refractivity contribution in [2.24, 2.45) is 0 Å². The van der Waals surface area contributed by atoms with Crippen LogP contribution in [0.3, 0.4) is 0 Å². The molecule has 3 aromatic rings. The van der Waals surface area contributed by atoms with Gasteiger partial charge >= 0.3 is 0 Å². The number of carbonyl (C=O) groups excluding carboxylic acids is 2. The van der Waals surface area contributed by atoms with Crippen molar-refractivity contribution in [3.05, 3.63) is 65.9 Å². The highest BCUT2D eigenvalue weighted by Crippen LogP contribution is 2.19. The molecule has 0 radical (unpaired) electrons. The predicted molar refractivity (Wildman–Crippen MR) is 98.7 cm³/mol. The number of benzene rings is 2. The molecule has 0 aliphatic heterocycles. The van der Waals surface area contributed by atoms with Crippen molar-refractivity contribution in [3.63, 3.8) is 0 Å².